The van der Waals surface area contributed by atoms with Gasteiger partial charge in [0.1, 0.15) is 5.75 Å². The zero-order chi connectivity index (χ0) is 15.2. The summed E-state index contributed by atoms with van der Waals surface area (Å²) in [5.41, 5.74) is 2.04. The van der Waals surface area contributed by atoms with E-state index in [0.29, 0.717) is 6.04 Å². The molecular weight excluding hydrogens is 266 g/mol. The van der Waals surface area contributed by atoms with Gasteiger partial charge in [-0.25, -0.2) is 0 Å². The van der Waals surface area contributed by atoms with Crippen LogP contribution in [-0.4, -0.2) is 40.4 Å². The number of aliphatic hydroxyl groups is 2. The van der Waals surface area contributed by atoms with Crippen molar-refractivity contribution < 1.29 is 14.9 Å². The molecule has 0 spiro atoms. The van der Waals surface area contributed by atoms with Gasteiger partial charge in [-0.05, 0) is 57.4 Å². The Balaban J connectivity index is 2.06. The lowest BCUT2D eigenvalue weighted by atomic mass is 10.1. The molecule has 4 nitrogen and oxygen atoms in total. The fraction of sp³-hybridized carbons (Fsp3) is 0.647. The Morgan fingerprint density at radius 1 is 1.33 bits per heavy atom. The highest BCUT2D eigenvalue weighted by Crippen LogP contribution is 2.26. The van der Waals surface area contributed by atoms with E-state index in [4.69, 9.17) is 9.84 Å². The van der Waals surface area contributed by atoms with Crippen molar-refractivity contribution in [3.63, 3.8) is 0 Å². The molecule has 1 fully saturated rings. The Hall–Kier alpha value is -1.10. The Morgan fingerprint density at radius 3 is 2.81 bits per heavy atom. The summed E-state index contributed by atoms with van der Waals surface area (Å²) in [5, 5.41) is 18.7. The molecule has 0 amide bonds. The highest BCUT2D eigenvalue weighted by atomic mass is 16.5. The van der Waals surface area contributed by atoms with Gasteiger partial charge in [0.05, 0.1) is 12.7 Å². The van der Waals surface area contributed by atoms with Crippen LogP contribution < -0.4 is 4.74 Å². The molecule has 1 atom stereocenters. The SMILES string of the molecule is CC(C)Oc1ccc(CN2CCCC2CCO)cc1CO. The first-order chi connectivity index (χ1) is 10.1. The van der Waals surface area contributed by atoms with Crippen LogP contribution in [0.15, 0.2) is 18.2 Å². The average Bonchev–Trinajstić information content (AvgIpc) is 2.87. The van der Waals surface area contributed by atoms with Crippen molar-refractivity contribution in [1.82, 2.24) is 4.90 Å². The van der Waals surface area contributed by atoms with Gasteiger partial charge >= 0.3 is 0 Å². The summed E-state index contributed by atoms with van der Waals surface area (Å²) < 4.78 is 5.71. The van der Waals surface area contributed by atoms with Crippen molar-refractivity contribution >= 4 is 0 Å². The van der Waals surface area contributed by atoms with E-state index in [1.54, 1.807) is 0 Å². The molecule has 1 saturated heterocycles. The van der Waals surface area contributed by atoms with E-state index < -0.39 is 0 Å². The van der Waals surface area contributed by atoms with E-state index >= 15 is 0 Å². The first-order valence-electron chi connectivity index (χ1n) is 7.88. The maximum atomic E-state index is 9.53. The van der Waals surface area contributed by atoms with Crippen molar-refractivity contribution in [3.05, 3.63) is 29.3 Å². The summed E-state index contributed by atoms with van der Waals surface area (Å²) in [7, 11) is 0. The predicted octanol–water partition coefficient (Wildman–Crippen LogP) is 2.31. The molecule has 1 aromatic carbocycles. The molecule has 118 valence electrons. The second-order valence-corrected chi connectivity index (χ2v) is 6.05. The van der Waals surface area contributed by atoms with Crippen molar-refractivity contribution in [1.29, 1.82) is 0 Å². The van der Waals surface area contributed by atoms with Gasteiger partial charge < -0.3 is 14.9 Å². The Labute approximate surface area is 127 Å². The molecule has 0 bridgehead atoms. The predicted molar refractivity (Wildman–Crippen MR) is 83.3 cm³/mol. The lowest BCUT2D eigenvalue weighted by molar-refractivity contribution is 0.189. The molecular formula is C17H27NO3. The molecule has 1 unspecified atom stereocenters. The van der Waals surface area contributed by atoms with Gasteiger partial charge in [-0.1, -0.05) is 6.07 Å². The van der Waals surface area contributed by atoms with Crippen molar-refractivity contribution in [2.24, 2.45) is 0 Å². The second-order valence-electron chi connectivity index (χ2n) is 6.05. The molecule has 4 heteroatoms. The van der Waals surface area contributed by atoms with Crippen molar-refractivity contribution in [3.8, 4) is 5.75 Å². The third kappa shape index (κ3) is 4.43. The molecule has 1 heterocycles. The summed E-state index contributed by atoms with van der Waals surface area (Å²) >= 11 is 0. The number of aliphatic hydroxyl groups excluding tert-OH is 2. The standard InChI is InChI=1S/C17H27NO3/c1-13(2)21-17-6-5-14(10-15(17)12-20)11-18-8-3-4-16(18)7-9-19/h5-6,10,13,16,19-20H,3-4,7-9,11-12H2,1-2H3. The van der Waals surface area contributed by atoms with Crippen LogP contribution in [0.5, 0.6) is 5.75 Å². The number of likely N-dealkylation sites (tertiary alicyclic amines) is 1. The largest absolute Gasteiger partial charge is 0.491 e. The average molecular weight is 293 g/mol. The second kappa shape index (κ2) is 7.78. The van der Waals surface area contributed by atoms with Gasteiger partial charge in [-0.15, -0.1) is 0 Å². The van der Waals surface area contributed by atoms with Gasteiger partial charge in [0.25, 0.3) is 0 Å². The molecule has 2 rings (SSSR count). The number of nitrogens with zero attached hydrogens (tertiary/aromatic N) is 1. The first-order valence-corrected chi connectivity index (χ1v) is 7.88. The van der Waals surface area contributed by atoms with E-state index in [1.807, 2.05) is 26.0 Å². The molecule has 1 aromatic rings. The van der Waals surface area contributed by atoms with Crippen LogP contribution in [-0.2, 0) is 13.2 Å². The van der Waals surface area contributed by atoms with Crippen LogP contribution in [0.25, 0.3) is 0 Å². The van der Waals surface area contributed by atoms with E-state index in [1.165, 1.54) is 18.4 Å². The van der Waals surface area contributed by atoms with Gasteiger partial charge in [0.15, 0.2) is 0 Å². The lowest BCUT2D eigenvalue weighted by Gasteiger charge is -2.24. The molecule has 21 heavy (non-hydrogen) atoms. The maximum Gasteiger partial charge on any atom is 0.125 e. The van der Waals surface area contributed by atoms with Crippen LogP contribution in [0, 0.1) is 0 Å². The zero-order valence-electron chi connectivity index (χ0n) is 13.1. The van der Waals surface area contributed by atoms with Gasteiger partial charge in [0.2, 0.25) is 0 Å². The topological polar surface area (TPSA) is 52.9 Å². The van der Waals surface area contributed by atoms with Gasteiger partial charge in [-0.2, -0.15) is 0 Å². The van der Waals surface area contributed by atoms with E-state index in [2.05, 4.69) is 11.0 Å². The minimum Gasteiger partial charge on any atom is -0.491 e. The number of hydrogen-bond acceptors (Lipinski definition) is 4. The van der Waals surface area contributed by atoms with Crippen molar-refractivity contribution in [2.45, 2.75) is 58.4 Å². The minimum atomic E-state index is -0.00401. The fourth-order valence-electron chi connectivity index (χ4n) is 3.04. The monoisotopic (exact) mass is 293 g/mol. The summed E-state index contributed by atoms with van der Waals surface area (Å²) in [6, 6.07) is 6.55. The summed E-state index contributed by atoms with van der Waals surface area (Å²) in [4.78, 5) is 2.43. The molecule has 1 aliphatic heterocycles. The molecule has 0 aliphatic carbocycles. The summed E-state index contributed by atoms with van der Waals surface area (Å²) in [5.74, 6) is 0.768. The van der Waals surface area contributed by atoms with Crippen LogP contribution in [0.1, 0.15) is 44.2 Å². The first kappa shape index (κ1) is 16.3. The number of ether oxygens (including phenoxy) is 1. The summed E-state index contributed by atoms with van der Waals surface area (Å²) in [6.45, 7) is 6.18. The fourth-order valence-corrected chi connectivity index (χ4v) is 3.04. The van der Waals surface area contributed by atoms with Crippen LogP contribution in [0.4, 0.5) is 0 Å². The van der Waals surface area contributed by atoms with Crippen LogP contribution in [0.2, 0.25) is 0 Å². The van der Waals surface area contributed by atoms with Crippen LogP contribution >= 0.6 is 0 Å². The molecule has 1 aliphatic rings. The summed E-state index contributed by atoms with van der Waals surface area (Å²) in [6.07, 6.45) is 3.32. The molecule has 0 radical (unpaired) electrons. The third-order valence-corrected chi connectivity index (χ3v) is 4.00. The Bertz CT molecular complexity index is 448. The Kier molecular flexibility index (Phi) is 6.03. The van der Waals surface area contributed by atoms with Gasteiger partial charge in [0, 0.05) is 24.8 Å². The maximum absolute atomic E-state index is 9.53. The molecule has 0 saturated carbocycles. The normalized spacial score (nSPS) is 19.4. The van der Waals surface area contributed by atoms with Crippen molar-refractivity contribution in [2.75, 3.05) is 13.2 Å². The molecule has 2 N–H and O–H groups in total. The van der Waals surface area contributed by atoms with Crippen LogP contribution in [0.3, 0.4) is 0 Å². The van der Waals surface area contributed by atoms with E-state index in [0.717, 1.165) is 30.8 Å². The smallest absolute Gasteiger partial charge is 0.125 e. The number of rotatable bonds is 7. The molecule has 0 aromatic heterocycles. The third-order valence-electron chi connectivity index (χ3n) is 4.00. The van der Waals surface area contributed by atoms with Gasteiger partial charge in [-0.3, -0.25) is 4.90 Å². The quantitative estimate of drug-likeness (QED) is 0.810. The zero-order valence-corrected chi connectivity index (χ0v) is 13.1. The van der Waals surface area contributed by atoms with E-state index in [-0.39, 0.29) is 19.3 Å². The Morgan fingerprint density at radius 2 is 2.14 bits per heavy atom. The lowest BCUT2D eigenvalue weighted by Crippen LogP contribution is -2.29. The number of hydrogen-bond donors (Lipinski definition) is 2. The number of benzene rings is 1. The highest BCUT2D eigenvalue weighted by Gasteiger charge is 2.24. The highest BCUT2D eigenvalue weighted by molar-refractivity contribution is 5.37. The minimum absolute atomic E-state index is 0.00401. The van der Waals surface area contributed by atoms with E-state index in [9.17, 15) is 5.11 Å².